The van der Waals surface area contributed by atoms with Gasteiger partial charge in [0, 0.05) is 37.7 Å². The molecule has 1 amide bonds. The van der Waals surface area contributed by atoms with Gasteiger partial charge in [0.1, 0.15) is 6.54 Å². The fourth-order valence-electron chi connectivity index (χ4n) is 3.93. The molecular formula is C23H24ClN7O. The minimum atomic E-state index is -0.0847. The molecule has 0 radical (unpaired) electrons. The molecule has 1 aliphatic rings. The maximum absolute atomic E-state index is 12.1. The fourth-order valence-corrected chi connectivity index (χ4v) is 4.10. The number of H-pyrrole nitrogens is 1. The van der Waals surface area contributed by atoms with Crippen molar-refractivity contribution in [1.29, 1.82) is 0 Å². The number of halogens is 1. The quantitative estimate of drug-likeness (QED) is 0.395. The monoisotopic (exact) mass is 449 g/mol. The van der Waals surface area contributed by atoms with Crippen LogP contribution < -0.4 is 15.5 Å². The lowest BCUT2D eigenvalue weighted by atomic mass is 10.2. The fraction of sp³-hybridized carbons (Fsp3) is 0.261. The maximum atomic E-state index is 12.1. The van der Waals surface area contributed by atoms with Gasteiger partial charge in [-0.25, -0.2) is 9.97 Å². The number of carbonyl (C=O) groups excluding carboxylic acids is 1. The van der Waals surface area contributed by atoms with Crippen LogP contribution in [0.15, 0.2) is 55.1 Å². The number of aromatic amines is 1. The van der Waals surface area contributed by atoms with Crippen LogP contribution in [0.2, 0.25) is 5.02 Å². The van der Waals surface area contributed by atoms with Crippen molar-refractivity contribution in [2.75, 3.05) is 23.3 Å². The molecule has 1 aliphatic heterocycles. The third-order valence-electron chi connectivity index (χ3n) is 5.60. The summed E-state index contributed by atoms with van der Waals surface area (Å²) in [6, 6.07) is 11.9. The van der Waals surface area contributed by atoms with Gasteiger partial charge in [-0.1, -0.05) is 17.7 Å². The molecule has 8 nitrogen and oxygen atoms in total. The van der Waals surface area contributed by atoms with E-state index in [1.165, 1.54) is 18.5 Å². The van der Waals surface area contributed by atoms with Gasteiger partial charge in [-0.2, -0.15) is 0 Å². The Balaban J connectivity index is 1.27. The van der Waals surface area contributed by atoms with Gasteiger partial charge in [0.05, 0.1) is 28.1 Å². The molecule has 0 bridgehead atoms. The smallest absolute Gasteiger partial charge is 0.240 e. The molecule has 0 spiro atoms. The minimum absolute atomic E-state index is 0.0847. The second-order valence-corrected chi connectivity index (χ2v) is 8.34. The zero-order chi connectivity index (χ0) is 21.9. The standard InChI is InChI=1S/C23H24ClN7O/c24-18-5-3-16(13-26-22(32)14-30-10-7-25-15-30)11-20(18)28-23-27-19-6-4-17(12-21(19)29-23)31-8-1-2-9-31/h3-7,10-12,15H,1-2,8-9,13-14H2,(H,26,32)(H2,27,28,29). The van der Waals surface area contributed by atoms with Gasteiger partial charge in [0.25, 0.3) is 0 Å². The van der Waals surface area contributed by atoms with E-state index in [-0.39, 0.29) is 12.5 Å². The largest absolute Gasteiger partial charge is 0.371 e. The van der Waals surface area contributed by atoms with Crippen LogP contribution in [0.5, 0.6) is 0 Å². The number of imidazole rings is 2. The zero-order valence-corrected chi connectivity index (χ0v) is 18.3. The highest BCUT2D eigenvalue weighted by atomic mass is 35.5. The average Bonchev–Trinajstić information content (AvgIpc) is 3.55. The van der Waals surface area contributed by atoms with E-state index in [0.29, 0.717) is 17.5 Å². The summed E-state index contributed by atoms with van der Waals surface area (Å²) in [6.07, 6.45) is 7.50. The number of aromatic nitrogens is 4. The number of nitrogens with zero attached hydrogens (tertiary/aromatic N) is 4. The number of benzene rings is 2. The van der Waals surface area contributed by atoms with Crippen molar-refractivity contribution in [3.05, 3.63) is 65.7 Å². The van der Waals surface area contributed by atoms with E-state index in [1.807, 2.05) is 18.2 Å². The van der Waals surface area contributed by atoms with Crippen molar-refractivity contribution in [3.8, 4) is 0 Å². The lowest BCUT2D eigenvalue weighted by Crippen LogP contribution is -2.26. The van der Waals surface area contributed by atoms with Crippen LogP contribution >= 0.6 is 11.6 Å². The Hall–Kier alpha value is -3.52. The van der Waals surface area contributed by atoms with E-state index in [0.717, 1.165) is 35.4 Å². The molecule has 0 unspecified atom stereocenters. The summed E-state index contributed by atoms with van der Waals surface area (Å²) >= 11 is 6.41. The van der Waals surface area contributed by atoms with Gasteiger partial charge in [-0.15, -0.1) is 0 Å². The third kappa shape index (κ3) is 4.55. The topological polar surface area (TPSA) is 90.9 Å². The van der Waals surface area contributed by atoms with E-state index in [9.17, 15) is 4.79 Å². The van der Waals surface area contributed by atoms with E-state index in [1.54, 1.807) is 23.3 Å². The molecule has 3 N–H and O–H groups in total. The van der Waals surface area contributed by atoms with Crippen LogP contribution in [0.25, 0.3) is 11.0 Å². The molecule has 1 saturated heterocycles. The second-order valence-electron chi connectivity index (χ2n) is 7.93. The van der Waals surface area contributed by atoms with E-state index >= 15 is 0 Å². The van der Waals surface area contributed by atoms with Crippen LogP contribution in [-0.4, -0.2) is 38.5 Å². The highest BCUT2D eigenvalue weighted by Crippen LogP contribution is 2.28. The summed E-state index contributed by atoms with van der Waals surface area (Å²) in [5.74, 6) is 0.542. The van der Waals surface area contributed by atoms with Gasteiger partial charge < -0.3 is 25.1 Å². The Kier molecular flexibility index (Phi) is 5.68. The molecule has 0 aliphatic carbocycles. The third-order valence-corrected chi connectivity index (χ3v) is 5.93. The molecule has 3 heterocycles. The Morgan fingerprint density at radius 2 is 2.03 bits per heavy atom. The van der Waals surface area contributed by atoms with Crippen LogP contribution in [0.4, 0.5) is 17.3 Å². The molecule has 0 saturated carbocycles. The van der Waals surface area contributed by atoms with Gasteiger partial charge >= 0.3 is 0 Å². The number of nitrogens with one attached hydrogen (secondary N) is 3. The summed E-state index contributed by atoms with van der Waals surface area (Å²) in [5.41, 5.74) is 4.75. The molecule has 32 heavy (non-hydrogen) atoms. The Labute approximate surface area is 190 Å². The van der Waals surface area contributed by atoms with Gasteiger partial charge in [0.15, 0.2) is 0 Å². The van der Waals surface area contributed by atoms with Crippen molar-refractivity contribution >= 4 is 45.9 Å². The van der Waals surface area contributed by atoms with Crippen molar-refractivity contribution in [2.24, 2.45) is 0 Å². The highest BCUT2D eigenvalue weighted by molar-refractivity contribution is 6.33. The first-order valence-corrected chi connectivity index (χ1v) is 11.0. The molecule has 4 aromatic rings. The molecular weight excluding hydrogens is 426 g/mol. The van der Waals surface area contributed by atoms with Crippen molar-refractivity contribution in [2.45, 2.75) is 25.9 Å². The Bertz CT molecular complexity index is 1230. The summed E-state index contributed by atoms with van der Waals surface area (Å²) in [4.78, 5) is 26.5. The summed E-state index contributed by atoms with van der Waals surface area (Å²) < 4.78 is 1.72. The second kappa shape index (κ2) is 8.92. The highest BCUT2D eigenvalue weighted by Gasteiger charge is 2.14. The molecule has 164 valence electrons. The number of amides is 1. The van der Waals surface area contributed by atoms with Crippen LogP contribution in [0.3, 0.4) is 0 Å². The average molecular weight is 450 g/mol. The SMILES string of the molecule is O=C(Cn1ccnc1)NCc1ccc(Cl)c(Nc2nc3cc(N4CCCC4)ccc3[nH]2)c1. The first-order chi connectivity index (χ1) is 15.6. The molecule has 2 aromatic carbocycles. The van der Waals surface area contributed by atoms with E-state index in [4.69, 9.17) is 16.6 Å². The first kappa shape index (κ1) is 20.4. The Morgan fingerprint density at radius 3 is 2.84 bits per heavy atom. The summed E-state index contributed by atoms with van der Waals surface area (Å²) in [6.45, 7) is 2.83. The number of hydrogen-bond acceptors (Lipinski definition) is 5. The number of fused-ring (bicyclic) bond motifs is 1. The summed E-state index contributed by atoms with van der Waals surface area (Å²) in [5, 5.41) is 6.77. The van der Waals surface area contributed by atoms with Crippen LogP contribution in [-0.2, 0) is 17.9 Å². The number of rotatable bonds is 7. The predicted octanol–water partition coefficient (Wildman–Crippen LogP) is 4.07. The molecule has 1 fully saturated rings. The lowest BCUT2D eigenvalue weighted by molar-refractivity contribution is -0.121. The van der Waals surface area contributed by atoms with E-state index in [2.05, 4.69) is 43.7 Å². The number of hydrogen-bond donors (Lipinski definition) is 3. The van der Waals surface area contributed by atoms with Crippen LogP contribution in [0.1, 0.15) is 18.4 Å². The number of carbonyl (C=O) groups is 1. The normalized spacial score (nSPS) is 13.6. The van der Waals surface area contributed by atoms with Crippen molar-refractivity contribution in [1.82, 2.24) is 24.8 Å². The van der Waals surface area contributed by atoms with Crippen molar-refractivity contribution in [3.63, 3.8) is 0 Å². The predicted molar refractivity (Wildman–Crippen MR) is 126 cm³/mol. The molecule has 9 heteroatoms. The molecule has 5 rings (SSSR count). The Morgan fingerprint density at radius 1 is 1.16 bits per heavy atom. The lowest BCUT2D eigenvalue weighted by Gasteiger charge is -2.16. The molecule has 0 atom stereocenters. The summed E-state index contributed by atoms with van der Waals surface area (Å²) in [7, 11) is 0. The van der Waals surface area contributed by atoms with Gasteiger partial charge in [-0.05, 0) is 48.7 Å². The zero-order valence-electron chi connectivity index (χ0n) is 17.5. The maximum Gasteiger partial charge on any atom is 0.240 e. The van der Waals surface area contributed by atoms with E-state index < -0.39 is 0 Å². The van der Waals surface area contributed by atoms with Gasteiger partial charge in [-0.3, -0.25) is 4.79 Å². The van der Waals surface area contributed by atoms with Crippen LogP contribution in [0, 0.1) is 0 Å². The first-order valence-electron chi connectivity index (χ1n) is 10.7. The van der Waals surface area contributed by atoms with Crippen molar-refractivity contribution < 1.29 is 4.79 Å². The minimum Gasteiger partial charge on any atom is -0.371 e. The van der Waals surface area contributed by atoms with Gasteiger partial charge in [0.2, 0.25) is 11.9 Å². The number of anilines is 3. The molecule has 2 aromatic heterocycles.